The number of aromatic nitrogens is 2. The number of likely N-dealkylation sites (tertiary alicyclic amines) is 1. The molecule has 4 rings (SSSR count). The second-order valence-corrected chi connectivity index (χ2v) is 9.40. The molecule has 0 spiro atoms. The van der Waals surface area contributed by atoms with Crippen LogP contribution in [-0.2, 0) is 27.9 Å². The van der Waals surface area contributed by atoms with Crippen LogP contribution in [0.2, 0.25) is 0 Å². The van der Waals surface area contributed by atoms with Gasteiger partial charge < -0.3 is 19.1 Å². The summed E-state index contributed by atoms with van der Waals surface area (Å²) in [4.78, 5) is 38.0. The summed E-state index contributed by atoms with van der Waals surface area (Å²) in [6.45, 7) is 5.66. The highest BCUT2D eigenvalue weighted by atomic mass is 16.7. The lowest BCUT2D eigenvalue weighted by Gasteiger charge is -2.29. The predicted octanol–water partition coefficient (Wildman–Crippen LogP) is 2.83. The highest BCUT2D eigenvalue weighted by Gasteiger charge is 2.47. The fraction of sp³-hybridized carbons (Fsp3) is 0.577. The standard InChI is InChI=1S/C26H36N4O6/c1-4-11-30(36-13-5-2)24(31)16-29-15-19(18-6-8-21-22(14-18)35-17-34-21)25(26(32)33)20(29)7-9-23-27-10-12-28(23)3/h6,8,10,12,14,19-20,25H,4-5,7,9,11,13,15-17H2,1-3H3,(H,32,33)/t19-,20+,25-/m1/s1. The van der Waals surface area contributed by atoms with Crippen molar-refractivity contribution in [1.82, 2.24) is 19.5 Å². The molecular weight excluding hydrogens is 464 g/mol. The van der Waals surface area contributed by atoms with E-state index < -0.39 is 11.9 Å². The number of carboxylic acids is 1. The minimum absolute atomic E-state index is 0.0970. The van der Waals surface area contributed by atoms with Crippen molar-refractivity contribution in [3.63, 3.8) is 0 Å². The molecule has 1 aromatic carbocycles. The van der Waals surface area contributed by atoms with E-state index >= 15 is 0 Å². The Kier molecular flexibility index (Phi) is 8.48. The number of benzene rings is 1. The molecule has 3 heterocycles. The van der Waals surface area contributed by atoms with Crippen molar-refractivity contribution in [2.75, 3.05) is 33.0 Å². The molecule has 0 saturated carbocycles. The Balaban J connectivity index is 1.60. The molecule has 2 aliphatic rings. The van der Waals surface area contributed by atoms with Gasteiger partial charge in [-0.25, -0.2) is 10.0 Å². The van der Waals surface area contributed by atoms with Gasteiger partial charge in [-0.1, -0.05) is 19.9 Å². The lowest BCUT2D eigenvalue weighted by atomic mass is 9.83. The Bertz CT molecular complexity index is 1060. The van der Waals surface area contributed by atoms with Crippen LogP contribution in [0.4, 0.5) is 0 Å². The number of rotatable bonds is 12. The summed E-state index contributed by atoms with van der Waals surface area (Å²) >= 11 is 0. The van der Waals surface area contributed by atoms with E-state index in [4.69, 9.17) is 14.3 Å². The molecule has 1 amide bonds. The number of carbonyl (C=O) groups is 2. The summed E-state index contributed by atoms with van der Waals surface area (Å²) in [5, 5.41) is 11.8. The molecular formula is C26H36N4O6. The third kappa shape index (κ3) is 5.65. The molecule has 1 saturated heterocycles. The van der Waals surface area contributed by atoms with Crippen LogP contribution in [0.3, 0.4) is 0 Å². The van der Waals surface area contributed by atoms with Crippen LogP contribution in [-0.4, -0.2) is 75.6 Å². The number of carboxylic acid groups (broad SMARTS) is 1. The number of aryl methyl sites for hydroxylation is 2. The van der Waals surface area contributed by atoms with Crippen LogP contribution in [0.25, 0.3) is 0 Å². The summed E-state index contributed by atoms with van der Waals surface area (Å²) in [7, 11) is 1.93. The Hall–Kier alpha value is -3.11. The Morgan fingerprint density at radius 1 is 1.22 bits per heavy atom. The van der Waals surface area contributed by atoms with Gasteiger partial charge in [0, 0.05) is 50.9 Å². The topological polar surface area (TPSA) is 106 Å². The van der Waals surface area contributed by atoms with Crippen molar-refractivity contribution in [3.05, 3.63) is 42.0 Å². The van der Waals surface area contributed by atoms with Crippen molar-refractivity contribution < 1.29 is 29.0 Å². The summed E-state index contributed by atoms with van der Waals surface area (Å²) in [5.74, 6) is 0.161. The van der Waals surface area contributed by atoms with Crippen LogP contribution in [0.5, 0.6) is 11.5 Å². The summed E-state index contributed by atoms with van der Waals surface area (Å²) < 4.78 is 12.9. The number of amides is 1. The fourth-order valence-electron chi connectivity index (χ4n) is 5.17. The first-order valence-electron chi connectivity index (χ1n) is 12.7. The predicted molar refractivity (Wildman–Crippen MR) is 132 cm³/mol. The zero-order valence-corrected chi connectivity index (χ0v) is 21.3. The third-order valence-corrected chi connectivity index (χ3v) is 6.94. The second kappa shape index (κ2) is 11.7. The van der Waals surface area contributed by atoms with Gasteiger partial charge in [0.05, 0.1) is 19.1 Å². The van der Waals surface area contributed by atoms with Gasteiger partial charge in [-0.2, -0.15) is 0 Å². The summed E-state index contributed by atoms with van der Waals surface area (Å²) in [5.41, 5.74) is 0.872. The van der Waals surface area contributed by atoms with E-state index in [0.717, 1.165) is 24.2 Å². The first-order valence-corrected chi connectivity index (χ1v) is 12.7. The Morgan fingerprint density at radius 2 is 2.03 bits per heavy atom. The molecule has 3 atom stereocenters. The van der Waals surface area contributed by atoms with Gasteiger partial charge in [-0.05, 0) is 37.0 Å². The Labute approximate surface area is 211 Å². The quantitative estimate of drug-likeness (QED) is 0.444. The number of hydrogen-bond acceptors (Lipinski definition) is 7. The Morgan fingerprint density at radius 3 is 2.72 bits per heavy atom. The molecule has 2 aromatic rings. The van der Waals surface area contributed by atoms with E-state index in [1.54, 1.807) is 6.20 Å². The summed E-state index contributed by atoms with van der Waals surface area (Å²) in [6, 6.07) is 5.27. The number of aliphatic carboxylic acids is 1. The number of ether oxygens (including phenoxy) is 2. The molecule has 10 nitrogen and oxygen atoms in total. The van der Waals surface area contributed by atoms with E-state index in [1.165, 1.54) is 5.06 Å². The van der Waals surface area contributed by atoms with Gasteiger partial charge in [-0.15, -0.1) is 0 Å². The largest absolute Gasteiger partial charge is 0.481 e. The lowest BCUT2D eigenvalue weighted by molar-refractivity contribution is -0.188. The van der Waals surface area contributed by atoms with Crippen LogP contribution in [0, 0.1) is 5.92 Å². The highest BCUT2D eigenvalue weighted by molar-refractivity contribution is 5.78. The van der Waals surface area contributed by atoms with Gasteiger partial charge in [0.2, 0.25) is 6.79 Å². The maximum Gasteiger partial charge on any atom is 0.308 e. The molecule has 10 heteroatoms. The molecule has 196 valence electrons. The van der Waals surface area contributed by atoms with Crippen LogP contribution < -0.4 is 9.47 Å². The van der Waals surface area contributed by atoms with Gasteiger partial charge in [-0.3, -0.25) is 19.3 Å². The smallest absolute Gasteiger partial charge is 0.308 e. The van der Waals surface area contributed by atoms with E-state index in [9.17, 15) is 14.7 Å². The van der Waals surface area contributed by atoms with Crippen molar-refractivity contribution in [2.24, 2.45) is 13.0 Å². The number of carbonyl (C=O) groups excluding carboxylic acids is 1. The van der Waals surface area contributed by atoms with Crippen molar-refractivity contribution in [2.45, 2.75) is 51.5 Å². The fourth-order valence-corrected chi connectivity index (χ4v) is 5.17. The second-order valence-electron chi connectivity index (χ2n) is 9.40. The van der Waals surface area contributed by atoms with Gasteiger partial charge in [0.25, 0.3) is 5.91 Å². The van der Waals surface area contributed by atoms with Crippen molar-refractivity contribution in [1.29, 1.82) is 0 Å². The average molecular weight is 501 g/mol. The number of nitrogens with zero attached hydrogens (tertiary/aromatic N) is 4. The molecule has 0 bridgehead atoms. The maximum atomic E-state index is 13.3. The number of imidazole rings is 1. The molecule has 1 aromatic heterocycles. The number of hydroxylamine groups is 2. The van der Waals surface area contributed by atoms with Crippen LogP contribution in [0.15, 0.2) is 30.6 Å². The molecule has 36 heavy (non-hydrogen) atoms. The maximum absolute atomic E-state index is 13.3. The first-order chi connectivity index (χ1) is 17.4. The van der Waals surface area contributed by atoms with Crippen molar-refractivity contribution >= 4 is 11.9 Å². The number of hydrogen-bond donors (Lipinski definition) is 1. The third-order valence-electron chi connectivity index (χ3n) is 6.94. The monoisotopic (exact) mass is 500 g/mol. The highest BCUT2D eigenvalue weighted by Crippen LogP contribution is 2.43. The van der Waals surface area contributed by atoms with E-state index in [1.807, 2.05) is 54.8 Å². The summed E-state index contributed by atoms with van der Waals surface area (Å²) in [6.07, 6.45) is 6.37. The molecule has 1 fully saturated rings. The number of fused-ring (bicyclic) bond motifs is 1. The minimum atomic E-state index is -0.870. The molecule has 1 N–H and O–H groups in total. The SMILES string of the molecule is CCCON(CCC)C(=O)CN1C[C@H](c2ccc3c(c2)OCO3)[C@@H](C(=O)O)[C@@H]1CCc1nccn1C. The molecule has 0 aliphatic carbocycles. The molecule has 0 radical (unpaired) electrons. The normalized spacial score (nSPS) is 21.1. The first kappa shape index (κ1) is 26.0. The van der Waals surface area contributed by atoms with E-state index in [0.29, 0.717) is 44.0 Å². The van der Waals surface area contributed by atoms with Gasteiger partial charge in [0.1, 0.15) is 5.82 Å². The van der Waals surface area contributed by atoms with Gasteiger partial charge in [0.15, 0.2) is 11.5 Å². The molecule has 2 aliphatic heterocycles. The van der Waals surface area contributed by atoms with Crippen molar-refractivity contribution in [3.8, 4) is 11.5 Å². The molecule has 0 unspecified atom stereocenters. The van der Waals surface area contributed by atoms with Crippen LogP contribution >= 0.6 is 0 Å². The lowest BCUT2D eigenvalue weighted by Crippen LogP contribution is -2.44. The zero-order chi connectivity index (χ0) is 25.7. The zero-order valence-electron chi connectivity index (χ0n) is 21.3. The van der Waals surface area contributed by atoms with Gasteiger partial charge >= 0.3 is 5.97 Å². The van der Waals surface area contributed by atoms with E-state index in [-0.39, 0.29) is 31.2 Å². The van der Waals surface area contributed by atoms with Crippen LogP contribution in [0.1, 0.15) is 50.4 Å². The minimum Gasteiger partial charge on any atom is -0.481 e. The van der Waals surface area contributed by atoms with E-state index in [2.05, 4.69) is 4.98 Å². The average Bonchev–Trinajstić information content (AvgIpc) is 3.58.